The van der Waals surface area contributed by atoms with Crippen molar-refractivity contribution >= 4 is 5.91 Å². The largest absolute Gasteiger partial charge is 0.417 e. The molecule has 1 atom stereocenters. The number of carbonyl (C=O) groups excluding carboxylic acids is 1. The van der Waals surface area contributed by atoms with Crippen LogP contribution >= 0.6 is 0 Å². The fourth-order valence-electron chi connectivity index (χ4n) is 3.90. The third kappa shape index (κ3) is 4.39. The van der Waals surface area contributed by atoms with Crippen molar-refractivity contribution < 1.29 is 9.21 Å². The summed E-state index contributed by atoms with van der Waals surface area (Å²) >= 11 is 0. The lowest BCUT2D eigenvalue weighted by molar-refractivity contribution is 0.0475. The maximum absolute atomic E-state index is 12.5. The summed E-state index contributed by atoms with van der Waals surface area (Å²) in [6, 6.07) is 0.588. The van der Waals surface area contributed by atoms with Crippen molar-refractivity contribution in [2.24, 2.45) is 5.92 Å². The van der Waals surface area contributed by atoms with Gasteiger partial charge in [0, 0.05) is 51.7 Å². The minimum absolute atomic E-state index is 0.111. The third-order valence-corrected chi connectivity index (χ3v) is 5.74. The maximum atomic E-state index is 12.5. The van der Waals surface area contributed by atoms with Crippen molar-refractivity contribution in [1.29, 1.82) is 0 Å². The van der Waals surface area contributed by atoms with Gasteiger partial charge in [0.1, 0.15) is 0 Å². The topological polar surface area (TPSA) is 65.7 Å². The van der Waals surface area contributed by atoms with Gasteiger partial charge in [0.25, 0.3) is 0 Å². The first-order valence-electron chi connectivity index (χ1n) is 9.62. The Morgan fingerprint density at radius 1 is 1.16 bits per heavy atom. The number of piperazine rings is 1. The smallest absolute Gasteiger partial charge is 0.311 e. The summed E-state index contributed by atoms with van der Waals surface area (Å²) in [5.74, 6) is 1.25. The molecule has 0 aromatic carbocycles. The van der Waals surface area contributed by atoms with Crippen LogP contribution in [0.4, 0.5) is 0 Å². The lowest BCUT2D eigenvalue weighted by atomic mass is 9.89. The average Bonchev–Trinajstić information content (AvgIpc) is 3.10. The molecule has 3 heterocycles. The van der Waals surface area contributed by atoms with Gasteiger partial charge in [0.2, 0.25) is 5.89 Å². The lowest BCUT2D eigenvalue weighted by Gasteiger charge is -2.42. The first-order chi connectivity index (χ1) is 12.1. The van der Waals surface area contributed by atoms with Gasteiger partial charge in [-0.2, -0.15) is 0 Å². The van der Waals surface area contributed by atoms with Crippen molar-refractivity contribution in [1.82, 2.24) is 24.9 Å². The summed E-state index contributed by atoms with van der Waals surface area (Å²) in [5, 5.41) is 7.88. The molecule has 0 saturated carbocycles. The summed E-state index contributed by atoms with van der Waals surface area (Å²) in [4.78, 5) is 19.4. The lowest BCUT2D eigenvalue weighted by Crippen LogP contribution is -2.52. The highest BCUT2D eigenvalue weighted by Crippen LogP contribution is 2.25. The minimum atomic E-state index is -0.111. The Hall–Kier alpha value is -1.47. The first-order valence-corrected chi connectivity index (χ1v) is 9.62. The van der Waals surface area contributed by atoms with Crippen LogP contribution in [0.1, 0.15) is 49.7 Å². The standard InChI is InChI=1S/C18H31N5O2/c1-4-5-16-19-20-17(25-16)18(24)23-8-6-15(7-9-23)14(2)22-12-10-21(3)11-13-22/h14-15H,4-13H2,1-3H3/t14-/m0/s1. The normalized spacial score (nSPS) is 22.3. The van der Waals surface area contributed by atoms with Crippen LogP contribution < -0.4 is 0 Å². The number of piperidine rings is 1. The number of rotatable bonds is 5. The summed E-state index contributed by atoms with van der Waals surface area (Å²) in [6.45, 7) is 10.6. The van der Waals surface area contributed by atoms with E-state index in [0.717, 1.165) is 65.0 Å². The van der Waals surface area contributed by atoms with E-state index in [4.69, 9.17) is 4.42 Å². The summed E-state index contributed by atoms with van der Waals surface area (Å²) in [6.07, 6.45) is 3.76. The van der Waals surface area contributed by atoms with E-state index in [9.17, 15) is 4.79 Å². The van der Waals surface area contributed by atoms with Crippen LogP contribution in [0.15, 0.2) is 4.42 Å². The van der Waals surface area contributed by atoms with Crippen molar-refractivity contribution in [3.8, 4) is 0 Å². The molecule has 2 aliphatic rings. The monoisotopic (exact) mass is 349 g/mol. The zero-order chi connectivity index (χ0) is 17.8. The second-order valence-corrected chi connectivity index (χ2v) is 7.46. The Morgan fingerprint density at radius 2 is 1.84 bits per heavy atom. The highest BCUT2D eigenvalue weighted by Gasteiger charge is 2.32. The number of aromatic nitrogens is 2. The molecule has 7 heteroatoms. The molecule has 140 valence electrons. The first kappa shape index (κ1) is 18.3. The minimum Gasteiger partial charge on any atom is -0.417 e. The van der Waals surface area contributed by atoms with Gasteiger partial charge >= 0.3 is 11.8 Å². The Bertz CT molecular complexity index is 560. The van der Waals surface area contributed by atoms with Crippen LogP contribution in [0.2, 0.25) is 0 Å². The van der Waals surface area contributed by atoms with E-state index in [-0.39, 0.29) is 11.8 Å². The Labute approximate surface area is 150 Å². The second-order valence-electron chi connectivity index (χ2n) is 7.46. The van der Waals surface area contributed by atoms with Crippen LogP contribution in [-0.2, 0) is 6.42 Å². The molecule has 0 radical (unpaired) electrons. The summed E-state index contributed by atoms with van der Waals surface area (Å²) in [7, 11) is 2.19. The zero-order valence-electron chi connectivity index (χ0n) is 15.8. The molecular formula is C18H31N5O2. The van der Waals surface area contributed by atoms with Crippen LogP contribution in [0.25, 0.3) is 0 Å². The number of likely N-dealkylation sites (tertiary alicyclic amines) is 1. The third-order valence-electron chi connectivity index (χ3n) is 5.74. The van der Waals surface area contributed by atoms with Crippen molar-refractivity contribution in [2.75, 3.05) is 46.3 Å². The molecule has 0 bridgehead atoms. The van der Waals surface area contributed by atoms with Gasteiger partial charge in [-0.3, -0.25) is 9.69 Å². The molecular weight excluding hydrogens is 318 g/mol. The van der Waals surface area contributed by atoms with E-state index in [1.165, 1.54) is 0 Å². The quantitative estimate of drug-likeness (QED) is 0.803. The van der Waals surface area contributed by atoms with Gasteiger partial charge in [-0.1, -0.05) is 6.92 Å². The zero-order valence-corrected chi connectivity index (χ0v) is 15.8. The molecule has 0 aliphatic carbocycles. The molecule has 2 fully saturated rings. The average molecular weight is 349 g/mol. The molecule has 7 nitrogen and oxygen atoms in total. The van der Waals surface area contributed by atoms with E-state index >= 15 is 0 Å². The van der Waals surface area contributed by atoms with Crippen LogP contribution in [0, 0.1) is 5.92 Å². The SMILES string of the molecule is CCCc1nnc(C(=O)N2CCC([C@H](C)N3CCN(C)CC3)CC2)o1. The molecule has 2 aliphatic heterocycles. The predicted molar refractivity (Wildman–Crippen MR) is 95.5 cm³/mol. The van der Waals surface area contributed by atoms with Gasteiger partial charge in [-0.25, -0.2) is 0 Å². The van der Waals surface area contributed by atoms with Crippen molar-refractivity contribution in [3.05, 3.63) is 11.8 Å². The fraction of sp³-hybridized carbons (Fsp3) is 0.833. The van der Waals surface area contributed by atoms with Gasteiger partial charge in [0.05, 0.1) is 0 Å². The Balaban J connectivity index is 1.50. The maximum Gasteiger partial charge on any atom is 0.311 e. The number of hydrogen-bond acceptors (Lipinski definition) is 6. The summed E-state index contributed by atoms with van der Waals surface area (Å²) in [5.41, 5.74) is 0. The number of likely N-dealkylation sites (N-methyl/N-ethyl adjacent to an activating group) is 1. The molecule has 1 aromatic rings. The Kier molecular flexibility index (Phi) is 6.06. The highest BCUT2D eigenvalue weighted by atomic mass is 16.4. The van der Waals surface area contributed by atoms with Gasteiger partial charge in [-0.05, 0) is 39.2 Å². The second kappa shape index (κ2) is 8.27. The van der Waals surface area contributed by atoms with Gasteiger partial charge in [0.15, 0.2) is 0 Å². The van der Waals surface area contributed by atoms with Crippen LogP contribution in [0.5, 0.6) is 0 Å². The fourth-order valence-corrected chi connectivity index (χ4v) is 3.90. The molecule has 1 amide bonds. The number of hydrogen-bond donors (Lipinski definition) is 0. The molecule has 0 spiro atoms. The number of nitrogens with zero attached hydrogens (tertiary/aromatic N) is 5. The molecule has 0 unspecified atom stereocenters. The van der Waals surface area contributed by atoms with Crippen molar-refractivity contribution in [2.45, 2.75) is 45.6 Å². The number of amides is 1. The highest BCUT2D eigenvalue weighted by molar-refractivity contribution is 5.89. The van der Waals surface area contributed by atoms with E-state index < -0.39 is 0 Å². The number of carbonyl (C=O) groups is 1. The molecule has 0 N–H and O–H groups in total. The van der Waals surface area contributed by atoms with E-state index in [1.54, 1.807) is 0 Å². The van der Waals surface area contributed by atoms with Gasteiger partial charge < -0.3 is 14.2 Å². The molecule has 1 aromatic heterocycles. The van der Waals surface area contributed by atoms with E-state index in [2.05, 4.69) is 40.9 Å². The number of aryl methyl sites for hydroxylation is 1. The van der Waals surface area contributed by atoms with Gasteiger partial charge in [-0.15, -0.1) is 10.2 Å². The van der Waals surface area contributed by atoms with E-state index in [1.807, 2.05) is 4.90 Å². The Morgan fingerprint density at radius 3 is 2.48 bits per heavy atom. The molecule has 25 heavy (non-hydrogen) atoms. The molecule has 2 saturated heterocycles. The predicted octanol–water partition coefficient (Wildman–Crippen LogP) is 1.51. The summed E-state index contributed by atoms with van der Waals surface area (Å²) < 4.78 is 5.49. The van der Waals surface area contributed by atoms with Crippen LogP contribution in [0.3, 0.4) is 0 Å². The van der Waals surface area contributed by atoms with Crippen molar-refractivity contribution in [3.63, 3.8) is 0 Å². The van der Waals surface area contributed by atoms with Crippen LogP contribution in [-0.4, -0.2) is 83.2 Å². The van der Waals surface area contributed by atoms with E-state index in [0.29, 0.717) is 17.9 Å². The molecule has 3 rings (SSSR count).